The summed E-state index contributed by atoms with van der Waals surface area (Å²) in [5.74, 6) is -1.17. The molecule has 0 unspecified atom stereocenters. The second-order valence-corrected chi connectivity index (χ2v) is 6.94. The molecule has 146 valence electrons. The molecule has 0 saturated carbocycles. The standard InChI is InChI=1S/C19H19ClN4O3S/c1-11(2)16(25)21-15-8-6-12(7-9-15)18(27)23-24-19(28)22-17(26)13-4-3-5-14(20)10-13/h3-11H,1-2H3,(H,21,25)(H,23,27)(H2,22,24,26,28). The van der Waals surface area contributed by atoms with Crippen LogP contribution in [0.2, 0.25) is 5.02 Å². The Balaban J connectivity index is 1.85. The highest BCUT2D eigenvalue weighted by Gasteiger charge is 2.11. The molecule has 0 atom stereocenters. The molecule has 0 fully saturated rings. The van der Waals surface area contributed by atoms with Crippen LogP contribution in [-0.4, -0.2) is 22.8 Å². The molecular formula is C19H19ClN4O3S. The minimum Gasteiger partial charge on any atom is -0.326 e. The summed E-state index contributed by atoms with van der Waals surface area (Å²) in [5, 5.41) is 5.52. The summed E-state index contributed by atoms with van der Waals surface area (Å²) in [6, 6.07) is 12.7. The number of hydrogen-bond donors (Lipinski definition) is 4. The highest BCUT2D eigenvalue weighted by molar-refractivity contribution is 7.80. The van der Waals surface area contributed by atoms with E-state index in [9.17, 15) is 14.4 Å². The van der Waals surface area contributed by atoms with E-state index in [1.165, 1.54) is 6.07 Å². The van der Waals surface area contributed by atoms with Crippen molar-refractivity contribution < 1.29 is 14.4 Å². The number of halogens is 1. The third kappa shape index (κ3) is 6.33. The normalized spacial score (nSPS) is 10.1. The summed E-state index contributed by atoms with van der Waals surface area (Å²) in [6.07, 6.45) is 0. The Labute approximate surface area is 172 Å². The molecule has 3 amide bonds. The van der Waals surface area contributed by atoms with E-state index in [0.29, 0.717) is 21.8 Å². The Kier molecular flexibility index (Phi) is 7.48. The highest BCUT2D eigenvalue weighted by Crippen LogP contribution is 2.11. The first-order chi connectivity index (χ1) is 13.3. The van der Waals surface area contributed by atoms with E-state index in [0.717, 1.165) is 0 Å². The summed E-state index contributed by atoms with van der Waals surface area (Å²) in [5.41, 5.74) is 6.11. The van der Waals surface area contributed by atoms with Crippen molar-refractivity contribution in [2.45, 2.75) is 13.8 Å². The fourth-order valence-electron chi connectivity index (χ4n) is 2.01. The quantitative estimate of drug-likeness (QED) is 0.452. The maximum atomic E-state index is 12.1. The second kappa shape index (κ2) is 9.82. The first kappa shape index (κ1) is 21.3. The van der Waals surface area contributed by atoms with Gasteiger partial charge in [-0.05, 0) is 54.7 Å². The van der Waals surface area contributed by atoms with Crippen LogP contribution in [0.25, 0.3) is 0 Å². The van der Waals surface area contributed by atoms with Crippen LogP contribution in [0.15, 0.2) is 48.5 Å². The van der Waals surface area contributed by atoms with E-state index in [2.05, 4.69) is 21.5 Å². The van der Waals surface area contributed by atoms with Gasteiger partial charge >= 0.3 is 0 Å². The summed E-state index contributed by atoms with van der Waals surface area (Å²) in [4.78, 5) is 35.9. The van der Waals surface area contributed by atoms with Crippen LogP contribution >= 0.6 is 23.8 Å². The predicted octanol–water partition coefficient (Wildman–Crippen LogP) is 2.88. The number of rotatable bonds is 4. The van der Waals surface area contributed by atoms with Gasteiger partial charge in [0.25, 0.3) is 11.8 Å². The Hall–Kier alpha value is -2.97. The van der Waals surface area contributed by atoms with Crippen LogP contribution in [0.3, 0.4) is 0 Å². The van der Waals surface area contributed by atoms with Crippen molar-refractivity contribution in [1.29, 1.82) is 0 Å². The van der Waals surface area contributed by atoms with Crippen LogP contribution in [0.4, 0.5) is 5.69 Å². The molecule has 0 aromatic heterocycles. The number of nitrogens with one attached hydrogen (secondary N) is 4. The van der Waals surface area contributed by atoms with Gasteiger partial charge in [-0.1, -0.05) is 31.5 Å². The number of hydrogen-bond acceptors (Lipinski definition) is 4. The topological polar surface area (TPSA) is 99.3 Å². The van der Waals surface area contributed by atoms with Gasteiger partial charge in [0.2, 0.25) is 5.91 Å². The van der Waals surface area contributed by atoms with Gasteiger partial charge in [0.15, 0.2) is 5.11 Å². The largest absolute Gasteiger partial charge is 0.326 e. The van der Waals surface area contributed by atoms with Crippen LogP contribution in [0.1, 0.15) is 34.6 Å². The minimum atomic E-state index is -0.459. The van der Waals surface area contributed by atoms with Gasteiger partial charge in [-0.2, -0.15) is 0 Å². The van der Waals surface area contributed by atoms with Gasteiger partial charge in [0.05, 0.1) is 0 Å². The molecule has 0 spiro atoms. The van der Waals surface area contributed by atoms with Crippen molar-refractivity contribution in [3.63, 3.8) is 0 Å². The van der Waals surface area contributed by atoms with Gasteiger partial charge in [-0.3, -0.25) is 30.6 Å². The van der Waals surface area contributed by atoms with Crippen molar-refractivity contribution in [1.82, 2.24) is 16.2 Å². The Morgan fingerprint density at radius 3 is 2.21 bits per heavy atom. The molecular weight excluding hydrogens is 400 g/mol. The van der Waals surface area contributed by atoms with Gasteiger partial charge < -0.3 is 5.32 Å². The Bertz CT molecular complexity index is 900. The number of anilines is 1. The molecule has 4 N–H and O–H groups in total. The molecule has 2 aromatic carbocycles. The zero-order valence-corrected chi connectivity index (χ0v) is 16.8. The molecule has 0 heterocycles. The fourth-order valence-corrected chi connectivity index (χ4v) is 2.35. The molecule has 28 heavy (non-hydrogen) atoms. The molecule has 0 radical (unpaired) electrons. The third-order valence-electron chi connectivity index (χ3n) is 3.54. The smallest absolute Gasteiger partial charge is 0.269 e. The van der Waals surface area contributed by atoms with Gasteiger partial charge in [0, 0.05) is 27.8 Å². The minimum absolute atomic E-state index is 0.0702. The van der Waals surface area contributed by atoms with Crippen molar-refractivity contribution in [2.75, 3.05) is 5.32 Å². The molecule has 7 nitrogen and oxygen atoms in total. The summed E-state index contributed by atoms with van der Waals surface area (Å²) < 4.78 is 0. The van der Waals surface area contributed by atoms with Crippen molar-refractivity contribution in [2.24, 2.45) is 5.92 Å². The van der Waals surface area contributed by atoms with E-state index < -0.39 is 11.8 Å². The number of thiocarbonyl (C=S) groups is 1. The molecule has 9 heteroatoms. The molecule has 0 aliphatic carbocycles. The van der Waals surface area contributed by atoms with E-state index in [-0.39, 0.29) is 16.9 Å². The molecule has 2 rings (SSSR count). The number of benzene rings is 2. The van der Waals surface area contributed by atoms with E-state index in [1.54, 1.807) is 56.3 Å². The van der Waals surface area contributed by atoms with E-state index in [4.69, 9.17) is 23.8 Å². The number of carbonyl (C=O) groups is 3. The summed E-state index contributed by atoms with van der Waals surface area (Å²) >= 11 is 10.8. The zero-order valence-electron chi connectivity index (χ0n) is 15.2. The summed E-state index contributed by atoms with van der Waals surface area (Å²) in [6.45, 7) is 3.58. The number of carbonyl (C=O) groups excluding carboxylic acids is 3. The average Bonchev–Trinajstić information content (AvgIpc) is 2.66. The van der Waals surface area contributed by atoms with Crippen molar-refractivity contribution in [3.05, 3.63) is 64.7 Å². The first-order valence-electron chi connectivity index (χ1n) is 8.34. The average molecular weight is 419 g/mol. The lowest BCUT2D eigenvalue weighted by Crippen LogP contribution is -2.48. The summed E-state index contributed by atoms with van der Waals surface area (Å²) in [7, 11) is 0. The Morgan fingerprint density at radius 2 is 1.61 bits per heavy atom. The maximum Gasteiger partial charge on any atom is 0.269 e. The maximum absolute atomic E-state index is 12.1. The van der Waals surface area contributed by atoms with Crippen LogP contribution in [0, 0.1) is 5.92 Å². The lowest BCUT2D eigenvalue weighted by atomic mass is 10.1. The fraction of sp³-hybridized carbons (Fsp3) is 0.158. The second-order valence-electron chi connectivity index (χ2n) is 6.09. The molecule has 0 aliphatic heterocycles. The first-order valence-corrected chi connectivity index (χ1v) is 9.13. The molecule has 0 bridgehead atoms. The van der Waals surface area contributed by atoms with E-state index >= 15 is 0 Å². The lowest BCUT2D eigenvalue weighted by molar-refractivity contribution is -0.118. The van der Waals surface area contributed by atoms with Gasteiger partial charge in [-0.15, -0.1) is 0 Å². The number of amides is 3. The lowest BCUT2D eigenvalue weighted by Gasteiger charge is -2.11. The molecule has 0 saturated heterocycles. The SMILES string of the molecule is CC(C)C(=O)Nc1ccc(C(=O)NNC(=S)NC(=O)c2cccc(Cl)c2)cc1. The van der Waals surface area contributed by atoms with E-state index in [1.807, 2.05) is 0 Å². The molecule has 0 aliphatic rings. The van der Waals surface area contributed by atoms with Crippen molar-refractivity contribution in [3.8, 4) is 0 Å². The number of hydrazine groups is 1. The predicted molar refractivity (Wildman–Crippen MR) is 112 cm³/mol. The third-order valence-corrected chi connectivity index (χ3v) is 3.98. The van der Waals surface area contributed by atoms with Gasteiger partial charge in [0.1, 0.15) is 0 Å². The van der Waals surface area contributed by atoms with Gasteiger partial charge in [-0.25, -0.2) is 0 Å². The monoisotopic (exact) mass is 418 g/mol. The van der Waals surface area contributed by atoms with Crippen molar-refractivity contribution >= 4 is 52.3 Å². The van der Waals surface area contributed by atoms with Crippen LogP contribution in [-0.2, 0) is 4.79 Å². The zero-order chi connectivity index (χ0) is 20.7. The molecule has 2 aromatic rings. The van der Waals surface area contributed by atoms with Crippen LogP contribution in [0.5, 0.6) is 0 Å². The Morgan fingerprint density at radius 1 is 0.929 bits per heavy atom. The van der Waals surface area contributed by atoms with Crippen LogP contribution < -0.4 is 21.5 Å². The highest BCUT2D eigenvalue weighted by atomic mass is 35.5.